The van der Waals surface area contributed by atoms with Crippen molar-refractivity contribution >= 4 is 11.3 Å². The Hall–Kier alpha value is -1.55. The number of likely N-dealkylation sites (tertiary alicyclic amines) is 1. The summed E-state index contributed by atoms with van der Waals surface area (Å²) in [5, 5.41) is 0. The summed E-state index contributed by atoms with van der Waals surface area (Å²) < 4.78 is 2.02. The molecule has 0 aromatic carbocycles. The number of imidazole rings is 1. The van der Waals surface area contributed by atoms with E-state index in [1.165, 1.54) is 19.3 Å². The van der Waals surface area contributed by atoms with Crippen molar-refractivity contribution in [3.63, 3.8) is 0 Å². The van der Waals surface area contributed by atoms with E-state index in [0.717, 1.165) is 23.6 Å². The fourth-order valence-electron chi connectivity index (χ4n) is 2.66. The summed E-state index contributed by atoms with van der Waals surface area (Å²) in [7, 11) is 2.18. The van der Waals surface area contributed by atoms with Crippen molar-refractivity contribution in [3.05, 3.63) is 30.2 Å². The van der Waals surface area contributed by atoms with Gasteiger partial charge in [-0.2, -0.15) is 0 Å². The van der Waals surface area contributed by atoms with Crippen molar-refractivity contribution in [2.45, 2.75) is 25.3 Å². The Morgan fingerprint density at radius 3 is 3.06 bits per heavy atom. The first-order chi connectivity index (χ1) is 8.25. The van der Waals surface area contributed by atoms with Crippen LogP contribution in [0, 0.1) is 0 Å². The Labute approximate surface area is 101 Å². The zero-order valence-corrected chi connectivity index (χ0v) is 10.1. The Kier molecular flexibility index (Phi) is 2.52. The van der Waals surface area contributed by atoms with E-state index in [-0.39, 0.29) is 0 Å². The number of nitrogens with zero attached hydrogens (tertiary/aromatic N) is 3. The lowest BCUT2D eigenvalue weighted by atomic mass is 10.0. The van der Waals surface area contributed by atoms with Gasteiger partial charge < -0.3 is 10.1 Å². The topological polar surface area (TPSA) is 46.6 Å². The maximum absolute atomic E-state index is 5.94. The number of nitrogens with two attached hydrogens (primary N) is 1. The van der Waals surface area contributed by atoms with Gasteiger partial charge in [-0.3, -0.25) is 4.90 Å². The van der Waals surface area contributed by atoms with E-state index >= 15 is 0 Å². The van der Waals surface area contributed by atoms with Crippen molar-refractivity contribution in [3.8, 4) is 0 Å². The highest BCUT2D eigenvalue weighted by Crippen LogP contribution is 2.29. The first-order valence-electron chi connectivity index (χ1n) is 6.19. The molecular formula is C13H18N4. The number of aromatic nitrogens is 2. The number of hydrogen-bond acceptors (Lipinski definition) is 3. The predicted octanol–water partition coefficient (Wildman–Crippen LogP) is 2.07. The van der Waals surface area contributed by atoms with Crippen molar-refractivity contribution in [1.29, 1.82) is 0 Å². The van der Waals surface area contributed by atoms with Crippen molar-refractivity contribution in [2.24, 2.45) is 0 Å². The minimum Gasteiger partial charge on any atom is -0.396 e. The van der Waals surface area contributed by atoms with E-state index < -0.39 is 0 Å². The molecule has 0 spiro atoms. The van der Waals surface area contributed by atoms with Gasteiger partial charge in [0.15, 0.2) is 5.65 Å². The molecule has 0 saturated carbocycles. The molecule has 1 aliphatic heterocycles. The number of anilines is 1. The molecule has 2 aromatic heterocycles. The number of piperidine rings is 1. The number of hydrogen-bond donors (Lipinski definition) is 1. The molecule has 3 heterocycles. The van der Waals surface area contributed by atoms with Crippen molar-refractivity contribution in [1.82, 2.24) is 14.3 Å². The van der Waals surface area contributed by atoms with E-state index in [1.54, 1.807) is 0 Å². The van der Waals surface area contributed by atoms with Crippen LogP contribution in [0.2, 0.25) is 0 Å². The summed E-state index contributed by atoms with van der Waals surface area (Å²) in [5.41, 5.74) is 8.70. The van der Waals surface area contributed by atoms with E-state index in [2.05, 4.69) is 23.1 Å². The van der Waals surface area contributed by atoms with E-state index in [1.807, 2.05) is 22.7 Å². The van der Waals surface area contributed by atoms with Gasteiger partial charge in [-0.25, -0.2) is 4.98 Å². The molecule has 0 radical (unpaired) electrons. The van der Waals surface area contributed by atoms with Crippen molar-refractivity contribution < 1.29 is 0 Å². The van der Waals surface area contributed by atoms with Gasteiger partial charge in [0.05, 0.1) is 17.4 Å². The number of pyridine rings is 1. The van der Waals surface area contributed by atoms with Crippen LogP contribution in [0.4, 0.5) is 5.69 Å². The predicted molar refractivity (Wildman–Crippen MR) is 68.8 cm³/mol. The zero-order chi connectivity index (χ0) is 11.8. The second kappa shape index (κ2) is 4.04. The molecule has 0 aliphatic carbocycles. The molecule has 90 valence electrons. The van der Waals surface area contributed by atoms with Gasteiger partial charge >= 0.3 is 0 Å². The monoisotopic (exact) mass is 230 g/mol. The summed E-state index contributed by atoms with van der Waals surface area (Å²) in [5.74, 6) is 0. The number of nitrogen functional groups attached to an aromatic ring is 1. The summed E-state index contributed by atoms with van der Waals surface area (Å²) in [4.78, 5) is 7.07. The van der Waals surface area contributed by atoms with Gasteiger partial charge in [-0.05, 0) is 38.6 Å². The van der Waals surface area contributed by atoms with Gasteiger partial charge in [0.25, 0.3) is 0 Å². The highest BCUT2D eigenvalue weighted by Gasteiger charge is 2.23. The summed E-state index contributed by atoms with van der Waals surface area (Å²) in [6.45, 7) is 1.16. The average molecular weight is 230 g/mol. The third-order valence-corrected chi connectivity index (χ3v) is 3.64. The Balaban J connectivity index is 2.02. The lowest BCUT2D eigenvalue weighted by Crippen LogP contribution is -2.29. The zero-order valence-electron chi connectivity index (χ0n) is 10.1. The van der Waals surface area contributed by atoms with E-state index in [0.29, 0.717) is 6.04 Å². The Bertz CT molecular complexity index is 531. The number of fused-ring (bicyclic) bond motifs is 1. The van der Waals surface area contributed by atoms with Gasteiger partial charge in [-0.15, -0.1) is 0 Å². The molecule has 1 unspecified atom stereocenters. The molecular weight excluding hydrogens is 212 g/mol. The van der Waals surface area contributed by atoms with Gasteiger partial charge in [0.2, 0.25) is 0 Å². The molecule has 4 heteroatoms. The fourth-order valence-corrected chi connectivity index (χ4v) is 2.66. The largest absolute Gasteiger partial charge is 0.396 e. The van der Waals surface area contributed by atoms with Crippen LogP contribution < -0.4 is 5.73 Å². The lowest BCUT2D eigenvalue weighted by Gasteiger charge is -2.31. The maximum Gasteiger partial charge on any atom is 0.160 e. The van der Waals surface area contributed by atoms with Gasteiger partial charge in [0, 0.05) is 12.4 Å². The Morgan fingerprint density at radius 2 is 2.29 bits per heavy atom. The smallest absolute Gasteiger partial charge is 0.160 e. The van der Waals surface area contributed by atoms with Crippen LogP contribution in [-0.2, 0) is 0 Å². The third-order valence-electron chi connectivity index (χ3n) is 3.64. The Morgan fingerprint density at radius 1 is 1.41 bits per heavy atom. The first kappa shape index (κ1) is 10.6. The SMILES string of the molecule is CN1CCCCC1c1cn2cccc(N)c2n1. The van der Waals surface area contributed by atoms with Crippen LogP contribution >= 0.6 is 0 Å². The molecule has 0 amide bonds. The van der Waals surface area contributed by atoms with Crippen molar-refractivity contribution in [2.75, 3.05) is 19.3 Å². The fraction of sp³-hybridized carbons (Fsp3) is 0.462. The molecule has 1 fully saturated rings. The van der Waals surface area contributed by atoms with Crippen LogP contribution in [0.3, 0.4) is 0 Å². The molecule has 2 aromatic rings. The molecule has 1 saturated heterocycles. The number of rotatable bonds is 1. The second-order valence-corrected chi connectivity index (χ2v) is 4.85. The van der Waals surface area contributed by atoms with Gasteiger partial charge in [0.1, 0.15) is 0 Å². The first-order valence-corrected chi connectivity index (χ1v) is 6.19. The quantitative estimate of drug-likeness (QED) is 0.815. The van der Waals surface area contributed by atoms with Crippen LogP contribution in [-0.4, -0.2) is 27.9 Å². The summed E-state index contributed by atoms with van der Waals surface area (Å²) in [6.07, 6.45) is 7.89. The minimum atomic E-state index is 0.447. The molecule has 3 rings (SSSR count). The lowest BCUT2D eigenvalue weighted by molar-refractivity contribution is 0.184. The highest BCUT2D eigenvalue weighted by atomic mass is 15.2. The summed E-state index contributed by atoms with van der Waals surface area (Å²) in [6, 6.07) is 4.30. The molecule has 17 heavy (non-hydrogen) atoms. The normalized spacial score (nSPS) is 22.1. The molecule has 1 atom stereocenters. The van der Waals surface area contributed by atoms with Gasteiger partial charge in [-0.1, -0.05) is 6.42 Å². The van der Waals surface area contributed by atoms with E-state index in [4.69, 9.17) is 5.73 Å². The molecule has 1 aliphatic rings. The van der Waals surface area contributed by atoms with Crippen LogP contribution in [0.5, 0.6) is 0 Å². The molecule has 2 N–H and O–H groups in total. The minimum absolute atomic E-state index is 0.447. The molecule has 4 nitrogen and oxygen atoms in total. The molecule has 0 bridgehead atoms. The standard InChI is InChI=1S/C13H18N4/c1-16-7-3-2-6-12(16)11-9-17-8-4-5-10(14)13(17)15-11/h4-5,8-9,12H,2-3,6-7,14H2,1H3. The highest BCUT2D eigenvalue weighted by molar-refractivity contribution is 5.64. The van der Waals surface area contributed by atoms with E-state index in [9.17, 15) is 0 Å². The summed E-state index contributed by atoms with van der Waals surface area (Å²) >= 11 is 0. The second-order valence-electron chi connectivity index (χ2n) is 4.85. The van der Waals surface area contributed by atoms with Crippen LogP contribution in [0.15, 0.2) is 24.5 Å². The van der Waals surface area contributed by atoms with Crippen LogP contribution in [0.1, 0.15) is 31.0 Å². The third kappa shape index (κ3) is 1.78. The average Bonchev–Trinajstić information content (AvgIpc) is 2.75. The van der Waals surface area contributed by atoms with Crippen LogP contribution in [0.25, 0.3) is 5.65 Å². The maximum atomic E-state index is 5.94.